The number of H-pyrrole nitrogens is 1. The molecule has 0 aliphatic rings. The molecule has 2 aromatic carbocycles. The largest absolute Gasteiger partial charge is 0.478 e. The van der Waals surface area contributed by atoms with Gasteiger partial charge in [-0.05, 0) is 24.3 Å². The van der Waals surface area contributed by atoms with E-state index in [0.717, 1.165) is 0 Å². The highest BCUT2D eigenvalue weighted by atomic mass is 19.1. The summed E-state index contributed by atoms with van der Waals surface area (Å²) in [6.07, 6.45) is 2.58. The molecule has 0 spiro atoms. The highest BCUT2D eigenvalue weighted by Crippen LogP contribution is 2.24. The summed E-state index contributed by atoms with van der Waals surface area (Å²) in [6, 6.07) is 6.76. The van der Waals surface area contributed by atoms with E-state index >= 15 is 0 Å². The molecule has 0 saturated heterocycles. The Morgan fingerprint density at radius 2 is 1.80 bits per heavy atom. The van der Waals surface area contributed by atoms with E-state index in [2.05, 4.69) is 9.97 Å². The highest BCUT2D eigenvalue weighted by molar-refractivity contribution is 6.16. The number of benzene rings is 2. The van der Waals surface area contributed by atoms with E-state index in [1.165, 1.54) is 35.2 Å². The molecule has 0 saturated carbocycles. The molecular formula is C24H15F3N4O4. The average molecular weight is 480 g/mol. The summed E-state index contributed by atoms with van der Waals surface area (Å²) >= 11 is 0. The molecule has 0 aliphatic carbocycles. The number of aryl methyl sites for hydroxylation is 1. The maximum atomic E-state index is 14.1. The van der Waals surface area contributed by atoms with Crippen LogP contribution in [0.1, 0.15) is 32.1 Å². The molecule has 0 amide bonds. The average Bonchev–Trinajstić information content (AvgIpc) is 3.36. The number of ketones is 1. The molecule has 3 heterocycles. The number of pyridine rings is 1. The predicted octanol–water partition coefficient (Wildman–Crippen LogP) is 3.61. The first-order valence-corrected chi connectivity index (χ1v) is 10.2. The Bertz CT molecular complexity index is 1730. The second kappa shape index (κ2) is 7.97. The molecule has 0 bridgehead atoms. The van der Waals surface area contributed by atoms with Gasteiger partial charge in [0.05, 0.1) is 28.7 Å². The minimum absolute atomic E-state index is 0.0331. The van der Waals surface area contributed by atoms with Crippen molar-refractivity contribution in [2.24, 2.45) is 7.05 Å². The minimum atomic E-state index is -1.34. The zero-order valence-corrected chi connectivity index (χ0v) is 18.0. The Morgan fingerprint density at radius 1 is 1.09 bits per heavy atom. The van der Waals surface area contributed by atoms with Crippen LogP contribution in [0.3, 0.4) is 0 Å². The number of carboxylic acid groups (broad SMARTS) is 1. The summed E-state index contributed by atoms with van der Waals surface area (Å²) in [5, 5.41) is 9.36. The van der Waals surface area contributed by atoms with Gasteiger partial charge in [-0.25, -0.2) is 22.9 Å². The van der Waals surface area contributed by atoms with Crippen molar-refractivity contribution in [3.05, 3.63) is 99.1 Å². The smallest absolute Gasteiger partial charge is 0.335 e. The van der Waals surface area contributed by atoms with E-state index in [9.17, 15) is 32.7 Å². The molecule has 11 heteroatoms. The van der Waals surface area contributed by atoms with Gasteiger partial charge in [0.15, 0.2) is 0 Å². The number of nitrogens with zero attached hydrogens (tertiary/aromatic N) is 3. The second-order valence-corrected chi connectivity index (χ2v) is 7.91. The summed E-state index contributed by atoms with van der Waals surface area (Å²) in [6.45, 7) is 0.0336. The molecular weight excluding hydrogens is 465 g/mol. The zero-order valence-electron chi connectivity index (χ0n) is 18.0. The number of carbonyl (C=O) groups is 2. The lowest BCUT2D eigenvalue weighted by Crippen LogP contribution is -2.21. The van der Waals surface area contributed by atoms with Gasteiger partial charge >= 0.3 is 5.97 Å². The Hall–Kier alpha value is -4.67. The first-order chi connectivity index (χ1) is 16.7. The van der Waals surface area contributed by atoms with E-state index in [4.69, 9.17) is 0 Å². The number of carbonyl (C=O) groups excluding carboxylic acids is 1. The fourth-order valence-electron chi connectivity index (χ4n) is 4.03. The number of aromatic nitrogens is 4. The quantitative estimate of drug-likeness (QED) is 0.374. The molecule has 5 rings (SSSR count). The van der Waals surface area contributed by atoms with Crippen molar-refractivity contribution in [2.75, 3.05) is 0 Å². The molecule has 0 atom stereocenters. The number of imidazole rings is 1. The van der Waals surface area contributed by atoms with Crippen LogP contribution in [-0.2, 0) is 13.6 Å². The molecule has 5 aromatic rings. The van der Waals surface area contributed by atoms with Crippen LogP contribution in [0.25, 0.3) is 21.9 Å². The Labute approximate surface area is 193 Å². The summed E-state index contributed by atoms with van der Waals surface area (Å²) < 4.78 is 44.4. The van der Waals surface area contributed by atoms with Gasteiger partial charge in [-0.15, -0.1) is 0 Å². The van der Waals surface area contributed by atoms with Crippen molar-refractivity contribution in [2.45, 2.75) is 6.54 Å². The molecule has 3 aromatic heterocycles. The molecule has 8 nitrogen and oxygen atoms in total. The Balaban J connectivity index is 1.54. The van der Waals surface area contributed by atoms with Gasteiger partial charge in [-0.1, -0.05) is 0 Å². The molecule has 176 valence electrons. The molecule has 0 radical (unpaired) electrons. The third-order valence-corrected chi connectivity index (χ3v) is 5.83. The number of rotatable bonds is 5. The molecule has 0 aliphatic heterocycles. The molecule has 0 fully saturated rings. The van der Waals surface area contributed by atoms with Gasteiger partial charge in [-0.2, -0.15) is 0 Å². The lowest BCUT2D eigenvalue weighted by Gasteiger charge is -2.07. The number of aromatic carboxylic acids is 1. The number of hydrogen-bond donors (Lipinski definition) is 2. The summed E-state index contributed by atoms with van der Waals surface area (Å²) in [7, 11) is 1.69. The lowest BCUT2D eigenvalue weighted by atomic mass is 10.0. The van der Waals surface area contributed by atoms with Crippen molar-refractivity contribution in [3.8, 4) is 0 Å². The van der Waals surface area contributed by atoms with E-state index < -0.39 is 40.3 Å². The number of aromatic amines is 1. The fraction of sp³-hybridized carbons (Fsp3) is 0.0833. The number of carboxylic acids is 1. The third kappa shape index (κ3) is 3.57. The van der Waals surface area contributed by atoms with Crippen molar-refractivity contribution < 1.29 is 27.9 Å². The molecule has 35 heavy (non-hydrogen) atoms. The van der Waals surface area contributed by atoms with Crippen LogP contribution >= 0.6 is 0 Å². The van der Waals surface area contributed by atoms with Gasteiger partial charge in [0.2, 0.25) is 5.78 Å². The van der Waals surface area contributed by atoms with E-state index in [0.29, 0.717) is 29.0 Å². The van der Waals surface area contributed by atoms with Crippen LogP contribution < -0.4 is 5.56 Å². The minimum Gasteiger partial charge on any atom is -0.478 e. The van der Waals surface area contributed by atoms with Crippen LogP contribution in [-0.4, -0.2) is 36.0 Å². The number of fused-ring (bicyclic) bond motifs is 2. The standard InChI is InChI=1S/C24H15F3N4O4/c1-30-18-6-11(24(34)35)2-3-17(18)29-19(30)10-31-5-4-13-14(9-28-21(13)23(31)33)22(32)20-15(26)7-12(25)8-16(20)27/h2-9,28H,10H2,1H3,(H,34,35). The van der Waals surface area contributed by atoms with Crippen LogP contribution in [0, 0.1) is 17.5 Å². The monoisotopic (exact) mass is 480 g/mol. The summed E-state index contributed by atoms with van der Waals surface area (Å²) in [5.74, 6) is -5.48. The van der Waals surface area contributed by atoms with Crippen molar-refractivity contribution in [3.63, 3.8) is 0 Å². The summed E-state index contributed by atoms with van der Waals surface area (Å²) in [4.78, 5) is 44.3. The second-order valence-electron chi connectivity index (χ2n) is 7.91. The van der Waals surface area contributed by atoms with Gasteiger partial charge in [0.1, 0.15) is 28.8 Å². The third-order valence-electron chi connectivity index (χ3n) is 5.83. The first-order valence-electron chi connectivity index (χ1n) is 10.2. The topological polar surface area (TPSA) is 110 Å². The van der Waals surface area contributed by atoms with E-state index in [1.807, 2.05) is 0 Å². The van der Waals surface area contributed by atoms with E-state index in [-0.39, 0.29) is 28.6 Å². The van der Waals surface area contributed by atoms with E-state index in [1.54, 1.807) is 17.7 Å². The SMILES string of the molecule is Cn1c(Cn2ccc3c(C(=O)c4c(F)cc(F)cc4F)c[nH]c3c2=O)nc2ccc(C(=O)O)cc21. The van der Waals surface area contributed by atoms with Crippen molar-refractivity contribution in [1.82, 2.24) is 19.1 Å². The maximum Gasteiger partial charge on any atom is 0.335 e. The van der Waals surface area contributed by atoms with Gasteiger partial charge in [0.25, 0.3) is 5.56 Å². The van der Waals surface area contributed by atoms with Gasteiger partial charge < -0.3 is 19.2 Å². The highest BCUT2D eigenvalue weighted by Gasteiger charge is 2.24. The van der Waals surface area contributed by atoms with Gasteiger partial charge in [-0.3, -0.25) is 9.59 Å². The summed E-state index contributed by atoms with van der Waals surface area (Å²) in [5.41, 5.74) is -0.314. The van der Waals surface area contributed by atoms with Crippen LogP contribution in [0.15, 0.2) is 53.6 Å². The number of halogens is 3. The normalized spacial score (nSPS) is 11.4. The Morgan fingerprint density at radius 3 is 2.49 bits per heavy atom. The Kier molecular flexibility index (Phi) is 5.04. The van der Waals surface area contributed by atoms with Crippen molar-refractivity contribution in [1.29, 1.82) is 0 Å². The lowest BCUT2D eigenvalue weighted by molar-refractivity contribution is 0.0696. The molecule has 0 unspecified atom stereocenters. The van der Waals surface area contributed by atoms with Crippen LogP contribution in [0.2, 0.25) is 0 Å². The number of hydrogen-bond acceptors (Lipinski definition) is 4. The van der Waals surface area contributed by atoms with Crippen LogP contribution in [0.5, 0.6) is 0 Å². The van der Waals surface area contributed by atoms with Gasteiger partial charge in [0, 0.05) is 42.5 Å². The zero-order chi connectivity index (χ0) is 25.0. The fourth-order valence-corrected chi connectivity index (χ4v) is 4.03. The number of nitrogens with one attached hydrogen (secondary N) is 1. The van der Waals surface area contributed by atoms with Crippen molar-refractivity contribution >= 4 is 33.7 Å². The predicted molar refractivity (Wildman–Crippen MR) is 119 cm³/mol. The maximum absolute atomic E-state index is 14.1. The first kappa shape index (κ1) is 22.1. The van der Waals surface area contributed by atoms with Crippen LogP contribution in [0.4, 0.5) is 13.2 Å². The molecule has 2 N–H and O–H groups in total.